The Bertz CT molecular complexity index is 424. The van der Waals surface area contributed by atoms with Crippen molar-refractivity contribution in [3.8, 4) is 0 Å². The first-order valence-electron chi connectivity index (χ1n) is 4.50. The summed E-state index contributed by atoms with van der Waals surface area (Å²) in [6.07, 6.45) is 0. The third-order valence-corrected chi connectivity index (χ3v) is 4.14. The van der Waals surface area contributed by atoms with Crippen LogP contribution in [-0.4, -0.2) is 11.7 Å². The smallest absolute Gasteiger partial charge is 0.228 e. The molecule has 15 heavy (non-hydrogen) atoms. The summed E-state index contributed by atoms with van der Waals surface area (Å²) in [5.41, 5.74) is 0.683. The monoisotopic (exact) mass is 289 g/mol. The van der Waals surface area contributed by atoms with Crippen LogP contribution in [-0.2, 0) is 4.79 Å². The zero-order valence-corrected chi connectivity index (χ0v) is 10.4. The summed E-state index contributed by atoms with van der Waals surface area (Å²) in [4.78, 5) is 12.3. The standard InChI is InChI=1S/C10H9BrFNOS/c1-5-4-15-9-3-7(12)6(11)2-8(9)13-10(5)14/h2-3,5H,4H2,1H3,(H,13,14). The molecule has 5 heteroatoms. The number of hydrogen-bond acceptors (Lipinski definition) is 2. The molecule has 0 bridgehead atoms. The van der Waals surface area contributed by atoms with Crippen LogP contribution in [0.25, 0.3) is 0 Å². The first-order valence-corrected chi connectivity index (χ1v) is 6.28. The lowest BCUT2D eigenvalue weighted by Crippen LogP contribution is -2.20. The summed E-state index contributed by atoms with van der Waals surface area (Å²) in [5.74, 6) is 0.314. The maximum Gasteiger partial charge on any atom is 0.228 e. The highest BCUT2D eigenvalue weighted by Gasteiger charge is 2.21. The molecule has 1 aromatic carbocycles. The van der Waals surface area contributed by atoms with E-state index >= 15 is 0 Å². The fraction of sp³-hybridized carbons (Fsp3) is 0.300. The van der Waals surface area contributed by atoms with Crippen molar-refractivity contribution in [2.45, 2.75) is 11.8 Å². The second kappa shape index (κ2) is 4.14. The van der Waals surface area contributed by atoms with Crippen LogP contribution in [0.4, 0.5) is 10.1 Å². The lowest BCUT2D eigenvalue weighted by atomic mass is 10.2. The highest BCUT2D eigenvalue weighted by molar-refractivity contribution is 9.10. The van der Waals surface area contributed by atoms with Crippen molar-refractivity contribution < 1.29 is 9.18 Å². The van der Waals surface area contributed by atoms with Gasteiger partial charge in [0.05, 0.1) is 10.2 Å². The normalized spacial score (nSPS) is 20.5. The Kier molecular flexibility index (Phi) is 3.02. The molecule has 0 radical (unpaired) electrons. The number of anilines is 1. The quantitative estimate of drug-likeness (QED) is 0.794. The van der Waals surface area contributed by atoms with Crippen molar-refractivity contribution in [2.24, 2.45) is 5.92 Å². The van der Waals surface area contributed by atoms with Crippen LogP contribution in [0.1, 0.15) is 6.92 Å². The van der Waals surface area contributed by atoms with E-state index in [0.29, 0.717) is 15.9 Å². The van der Waals surface area contributed by atoms with Crippen molar-refractivity contribution in [3.05, 3.63) is 22.4 Å². The molecule has 1 atom stereocenters. The van der Waals surface area contributed by atoms with Gasteiger partial charge in [-0.2, -0.15) is 0 Å². The van der Waals surface area contributed by atoms with E-state index in [-0.39, 0.29) is 17.6 Å². The van der Waals surface area contributed by atoms with Crippen LogP contribution in [0.15, 0.2) is 21.5 Å². The number of benzene rings is 1. The van der Waals surface area contributed by atoms with Crippen LogP contribution in [0.5, 0.6) is 0 Å². The maximum absolute atomic E-state index is 13.3. The predicted octanol–water partition coefficient (Wildman–Crippen LogP) is 3.27. The van der Waals surface area contributed by atoms with E-state index in [1.807, 2.05) is 6.92 Å². The Morgan fingerprint density at radius 2 is 2.33 bits per heavy atom. The van der Waals surface area contributed by atoms with Gasteiger partial charge in [-0.1, -0.05) is 6.92 Å². The molecule has 1 aliphatic rings. The van der Waals surface area contributed by atoms with Gasteiger partial charge in [0.2, 0.25) is 5.91 Å². The molecule has 0 fully saturated rings. The maximum atomic E-state index is 13.3. The minimum absolute atomic E-state index is 0.0141. The van der Waals surface area contributed by atoms with Crippen LogP contribution in [0, 0.1) is 11.7 Å². The van der Waals surface area contributed by atoms with E-state index in [1.54, 1.807) is 6.07 Å². The topological polar surface area (TPSA) is 29.1 Å². The largest absolute Gasteiger partial charge is 0.325 e. The summed E-state index contributed by atoms with van der Waals surface area (Å²) < 4.78 is 13.6. The highest BCUT2D eigenvalue weighted by Crippen LogP contribution is 2.35. The Labute approximate surface area is 99.8 Å². The van der Waals surface area contributed by atoms with Crippen LogP contribution in [0.2, 0.25) is 0 Å². The number of fused-ring (bicyclic) bond motifs is 1. The molecule has 2 rings (SSSR count). The molecule has 0 aliphatic carbocycles. The van der Waals surface area contributed by atoms with Crippen molar-refractivity contribution in [1.82, 2.24) is 0 Å². The van der Waals surface area contributed by atoms with E-state index in [0.717, 1.165) is 4.90 Å². The van der Waals surface area contributed by atoms with Gasteiger partial charge in [0.15, 0.2) is 0 Å². The second-order valence-corrected chi connectivity index (χ2v) is 5.38. The molecule has 0 saturated heterocycles. The molecule has 0 spiro atoms. The fourth-order valence-electron chi connectivity index (χ4n) is 1.29. The molecule has 1 N–H and O–H groups in total. The van der Waals surface area contributed by atoms with Crippen LogP contribution < -0.4 is 5.32 Å². The number of nitrogens with one attached hydrogen (secondary N) is 1. The van der Waals surface area contributed by atoms with Crippen molar-refractivity contribution in [2.75, 3.05) is 11.1 Å². The zero-order valence-electron chi connectivity index (χ0n) is 8.01. The Morgan fingerprint density at radius 1 is 1.60 bits per heavy atom. The van der Waals surface area contributed by atoms with Gasteiger partial charge in [0.1, 0.15) is 5.82 Å². The van der Waals surface area contributed by atoms with Gasteiger partial charge in [-0.25, -0.2) is 4.39 Å². The first-order chi connectivity index (χ1) is 7.08. The van der Waals surface area contributed by atoms with Crippen molar-refractivity contribution in [1.29, 1.82) is 0 Å². The molecule has 1 aromatic rings. The van der Waals surface area contributed by atoms with Gasteiger partial charge in [-0.15, -0.1) is 11.8 Å². The number of carbonyl (C=O) groups is 1. The number of hydrogen-bond donors (Lipinski definition) is 1. The van der Waals surface area contributed by atoms with Gasteiger partial charge in [-0.05, 0) is 28.1 Å². The van der Waals surface area contributed by atoms with Crippen molar-refractivity contribution in [3.63, 3.8) is 0 Å². The van der Waals surface area contributed by atoms with Gasteiger partial charge < -0.3 is 5.32 Å². The molecule has 1 unspecified atom stereocenters. The molecule has 1 aliphatic heterocycles. The van der Waals surface area contributed by atoms with Crippen molar-refractivity contribution >= 4 is 39.3 Å². The third-order valence-electron chi connectivity index (χ3n) is 2.22. The minimum atomic E-state index is -0.301. The molecule has 80 valence electrons. The first kappa shape index (κ1) is 11.0. The van der Waals surface area contributed by atoms with E-state index in [4.69, 9.17) is 0 Å². The average Bonchev–Trinajstić information content (AvgIpc) is 2.31. The van der Waals surface area contributed by atoms with E-state index in [2.05, 4.69) is 21.2 Å². The summed E-state index contributed by atoms with van der Waals surface area (Å²) in [6, 6.07) is 3.05. The molecular formula is C10H9BrFNOS. The van der Waals surface area contributed by atoms with Gasteiger partial charge in [-0.3, -0.25) is 4.79 Å². The van der Waals surface area contributed by atoms with Gasteiger partial charge in [0.25, 0.3) is 0 Å². The SMILES string of the molecule is CC1CSc2cc(F)c(Br)cc2NC1=O. The van der Waals surface area contributed by atoms with Crippen LogP contribution >= 0.6 is 27.7 Å². The molecule has 2 nitrogen and oxygen atoms in total. The minimum Gasteiger partial charge on any atom is -0.325 e. The number of amides is 1. The summed E-state index contributed by atoms with van der Waals surface area (Å²) >= 11 is 4.60. The van der Waals surface area contributed by atoms with Gasteiger partial charge >= 0.3 is 0 Å². The Morgan fingerprint density at radius 3 is 3.07 bits per heavy atom. The number of rotatable bonds is 0. The van der Waals surface area contributed by atoms with E-state index in [9.17, 15) is 9.18 Å². The van der Waals surface area contributed by atoms with Gasteiger partial charge in [0, 0.05) is 16.6 Å². The average molecular weight is 290 g/mol. The molecular weight excluding hydrogens is 281 g/mol. The molecule has 0 saturated carbocycles. The van der Waals surface area contributed by atoms with Crippen LogP contribution in [0.3, 0.4) is 0 Å². The van der Waals surface area contributed by atoms with E-state index < -0.39 is 0 Å². The van der Waals surface area contributed by atoms with E-state index in [1.165, 1.54) is 17.8 Å². The number of halogens is 2. The molecule has 1 heterocycles. The predicted molar refractivity (Wildman–Crippen MR) is 62.6 cm³/mol. The molecule has 1 amide bonds. The summed E-state index contributed by atoms with van der Waals surface area (Å²) in [6.45, 7) is 1.86. The third kappa shape index (κ3) is 2.18. The Balaban J connectivity index is 2.43. The number of thioether (sulfide) groups is 1. The second-order valence-electron chi connectivity index (χ2n) is 3.46. The zero-order chi connectivity index (χ0) is 11.0. The lowest BCUT2D eigenvalue weighted by Gasteiger charge is -2.07. The Hall–Kier alpha value is -0.550. The fourth-order valence-corrected chi connectivity index (χ4v) is 2.67. The molecule has 0 aromatic heterocycles. The summed E-state index contributed by atoms with van der Waals surface area (Å²) in [7, 11) is 0. The summed E-state index contributed by atoms with van der Waals surface area (Å²) in [5, 5.41) is 2.78. The lowest BCUT2D eigenvalue weighted by molar-refractivity contribution is -0.118. The number of carbonyl (C=O) groups excluding carboxylic acids is 1. The highest BCUT2D eigenvalue weighted by atomic mass is 79.9.